The van der Waals surface area contributed by atoms with Gasteiger partial charge < -0.3 is 9.64 Å². The minimum atomic E-state index is 0.0415. The maximum atomic E-state index is 11.8. The van der Waals surface area contributed by atoms with Crippen molar-refractivity contribution in [1.82, 2.24) is 0 Å². The molecule has 1 fully saturated rings. The number of nitriles is 1. The molecule has 1 aliphatic rings. The maximum Gasteiger partial charge on any atom is 0.161 e. The van der Waals surface area contributed by atoms with Crippen LogP contribution >= 0.6 is 0 Å². The van der Waals surface area contributed by atoms with Gasteiger partial charge in [-0.15, -0.1) is 0 Å². The molecule has 0 N–H and O–H groups in total. The van der Waals surface area contributed by atoms with E-state index in [2.05, 4.69) is 24.8 Å². The highest BCUT2D eigenvalue weighted by Gasteiger charge is 2.22. The average molecular weight is 314 g/mol. The highest BCUT2D eigenvalue weighted by molar-refractivity contribution is 6.00. The van der Waals surface area contributed by atoms with Crippen molar-refractivity contribution in [2.45, 2.75) is 46.1 Å². The van der Waals surface area contributed by atoms with Gasteiger partial charge in [0.05, 0.1) is 17.7 Å². The van der Waals surface area contributed by atoms with E-state index in [0.29, 0.717) is 23.1 Å². The molecule has 0 saturated carbocycles. The number of anilines is 1. The first-order chi connectivity index (χ1) is 11.0. The number of ether oxygens (including phenoxy) is 1. The van der Waals surface area contributed by atoms with Gasteiger partial charge in [0.1, 0.15) is 0 Å². The summed E-state index contributed by atoms with van der Waals surface area (Å²) < 4.78 is 5.95. The first-order valence-corrected chi connectivity index (χ1v) is 8.43. The second-order valence-corrected chi connectivity index (χ2v) is 6.64. The highest BCUT2D eigenvalue weighted by Crippen LogP contribution is 2.27. The minimum Gasteiger partial charge on any atom is -0.378 e. The van der Waals surface area contributed by atoms with Crippen molar-refractivity contribution in [1.29, 1.82) is 5.26 Å². The minimum absolute atomic E-state index is 0.0415. The van der Waals surface area contributed by atoms with Crippen LogP contribution < -0.4 is 4.90 Å². The molecule has 4 nitrogen and oxygen atoms in total. The molecular formula is C19H26N2O2. The molecule has 0 spiro atoms. The molecule has 0 bridgehead atoms. The molecule has 1 aromatic rings. The number of Topliss-reactive ketones (excluding diaryl/α,β-unsaturated/α-hetero) is 1. The lowest BCUT2D eigenvalue weighted by molar-refractivity contribution is 0.0312. The SMILES string of the molecule is CC(=O)c1ccc(C#N)cc1N1CCC(OCCC(C)C)CC1. The third-order valence-electron chi connectivity index (χ3n) is 4.34. The lowest BCUT2D eigenvalue weighted by Gasteiger charge is -2.34. The van der Waals surface area contributed by atoms with Crippen LogP contribution in [0.3, 0.4) is 0 Å². The standard InChI is InChI=1S/C19H26N2O2/c1-14(2)8-11-23-17-6-9-21(10-7-17)19-12-16(13-20)4-5-18(19)15(3)22/h4-5,12,14,17H,6-11H2,1-3H3. The summed E-state index contributed by atoms with van der Waals surface area (Å²) in [5.74, 6) is 0.710. The largest absolute Gasteiger partial charge is 0.378 e. The highest BCUT2D eigenvalue weighted by atomic mass is 16.5. The summed E-state index contributed by atoms with van der Waals surface area (Å²) in [6, 6.07) is 7.46. The van der Waals surface area contributed by atoms with Crippen molar-refractivity contribution in [2.75, 3.05) is 24.6 Å². The van der Waals surface area contributed by atoms with Crippen LogP contribution in [0.15, 0.2) is 18.2 Å². The summed E-state index contributed by atoms with van der Waals surface area (Å²) in [5.41, 5.74) is 2.18. The molecule has 124 valence electrons. The molecule has 0 aliphatic carbocycles. The van der Waals surface area contributed by atoms with Crippen LogP contribution in [0.2, 0.25) is 0 Å². The number of carbonyl (C=O) groups is 1. The number of hydrogen-bond donors (Lipinski definition) is 0. The van der Waals surface area contributed by atoms with Crippen molar-refractivity contribution in [3.63, 3.8) is 0 Å². The first kappa shape index (κ1) is 17.5. The molecule has 0 atom stereocenters. The van der Waals surface area contributed by atoms with E-state index >= 15 is 0 Å². The molecule has 1 heterocycles. The van der Waals surface area contributed by atoms with Crippen molar-refractivity contribution in [2.24, 2.45) is 5.92 Å². The van der Waals surface area contributed by atoms with Crippen LogP contribution in [0, 0.1) is 17.2 Å². The maximum absolute atomic E-state index is 11.8. The van der Waals surface area contributed by atoms with Gasteiger partial charge in [-0.3, -0.25) is 4.79 Å². The molecule has 1 aromatic carbocycles. The fourth-order valence-electron chi connectivity index (χ4n) is 2.89. The van der Waals surface area contributed by atoms with Crippen LogP contribution in [0.1, 0.15) is 56.0 Å². The molecular weight excluding hydrogens is 288 g/mol. The number of carbonyl (C=O) groups excluding carboxylic acids is 1. The van der Waals surface area contributed by atoms with Crippen molar-refractivity contribution < 1.29 is 9.53 Å². The van der Waals surface area contributed by atoms with Gasteiger partial charge in [-0.2, -0.15) is 5.26 Å². The Morgan fingerprint density at radius 1 is 1.39 bits per heavy atom. The molecule has 1 aliphatic heterocycles. The van der Waals surface area contributed by atoms with E-state index in [1.165, 1.54) is 0 Å². The van der Waals surface area contributed by atoms with Gasteiger partial charge in [0.15, 0.2) is 5.78 Å². The van der Waals surface area contributed by atoms with E-state index in [1.807, 2.05) is 6.07 Å². The Morgan fingerprint density at radius 2 is 2.09 bits per heavy atom. The molecule has 0 aromatic heterocycles. The smallest absolute Gasteiger partial charge is 0.161 e. The van der Waals surface area contributed by atoms with Crippen LogP contribution in [0.4, 0.5) is 5.69 Å². The lowest BCUT2D eigenvalue weighted by atomic mass is 10.0. The second-order valence-electron chi connectivity index (χ2n) is 6.64. The molecule has 0 unspecified atom stereocenters. The number of ketones is 1. The van der Waals surface area contributed by atoms with E-state index in [9.17, 15) is 4.79 Å². The van der Waals surface area contributed by atoms with E-state index in [0.717, 1.165) is 44.6 Å². The van der Waals surface area contributed by atoms with Crippen molar-refractivity contribution in [3.05, 3.63) is 29.3 Å². The zero-order valence-corrected chi connectivity index (χ0v) is 14.3. The summed E-state index contributed by atoms with van der Waals surface area (Å²) in [6.07, 6.45) is 3.34. The van der Waals surface area contributed by atoms with Crippen LogP contribution in [0.5, 0.6) is 0 Å². The quantitative estimate of drug-likeness (QED) is 0.750. The Balaban J connectivity index is 1.99. The number of rotatable bonds is 6. The van der Waals surface area contributed by atoms with E-state index < -0.39 is 0 Å². The van der Waals surface area contributed by atoms with Crippen LogP contribution in [-0.4, -0.2) is 31.6 Å². The predicted octanol–water partition coefficient (Wildman–Crippen LogP) is 3.79. The van der Waals surface area contributed by atoms with E-state index in [1.54, 1.807) is 19.1 Å². The number of nitrogens with zero attached hydrogens (tertiary/aromatic N) is 2. The number of hydrogen-bond acceptors (Lipinski definition) is 4. The molecule has 4 heteroatoms. The third-order valence-corrected chi connectivity index (χ3v) is 4.34. The molecule has 23 heavy (non-hydrogen) atoms. The topological polar surface area (TPSA) is 53.3 Å². The molecule has 0 amide bonds. The summed E-state index contributed by atoms with van der Waals surface area (Å²) in [6.45, 7) is 8.54. The Kier molecular flexibility index (Phi) is 6.18. The molecule has 0 radical (unpaired) electrons. The summed E-state index contributed by atoms with van der Waals surface area (Å²) in [4.78, 5) is 14.1. The van der Waals surface area contributed by atoms with Gasteiger partial charge in [-0.1, -0.05) is 13.8 Å². The normalized spacial score (nSPS) is 15.7. The van der Waals surface area contributed by atoms with Crippen molar-refractivity contribution >= 4 is 11.5 Å². The fourth-order valence-corrected chi connectivity index (χ4v) is 2.89. The Labute approximate surface area is 139 Å². The van der Waals surface area contributed by atoms with Gasteiger partial charge in [0.25, 0.3) is 0 Å². The first-order valence-electron chi connectivity index (χ1n) is 8.43. The van der Waals surface area contributed by atoms with Crippen LogP contribution in [-0.2, 0) is 4.74 Å². The Hall–Kier alpha value is -1.86. The third kappa shape index (κ3) is 4.80. The Morgan fingerprint density at radius 3 is 2.65 bits per heavy atom. The molecule has 2 rings (SSSR count). The van der Waals surface area contributed by atoms with Gasteiger partial charge in [0, 0.05) is 30.9 Å². The van der Waals surface area contributed by atoms with Gasteiger partial charge in [-0.05, 0) is 50.3 Å². The van der Waals surface area contributed by atoms with Gasteiger partial charge in [-0.25, -0.2) is 0 Å². The lowest BCUT2D eigenvalue weighted by Crippen LogP contribution is -2.38. The fraction of sp³-hybridized carbons (Fsp3) is 0.579. The number of benzene rings is 1. The van der Waals surface area contributed by atoms with Gasteiger partial charge >= 0.3 is 0 Å². The predicted molar refractivity (Wildman–Crippen MR) is 91.8 cm³/mol. The van der Waals surface area contributed by atoms with Crippen LogP contribution in [0.25, 0.3) is 0 Å². The summed E-state index contributed by atoms with van der Waals surface area (Å²) >= 11 is 0. The second kappa shape index (κ2) is 8.12. The Bertz CT molecular complexity index is 582. The summed E-state index contributed by atoms with van der Waals surface area (Å²) in [7, 11) is 0. The molecule has 1 saturated heterocycles. The summed E-state index contributed by atoms with van der Waals surface area (Å²) in [5, 5.41) is 9.10. The average Bonchev–Trinajstić information content (AvgIpc) is 2.54. The van der Waals surface area contributed by atoms with E-state index in [-0.39, 0.29) is 5.78 Å². The zero-order chi connectivity index (χ0) is 16.8. The zero-order valence-electron chi connectivity index (χ0n) is 14.3. The van der Waals surface area contributed by atoms with Gasteiger partial charge in [0.2, 0.25) is 0 Å². The van der Waals surface area contributed by atoms with Crippen molar-refractivity contribution in [3.8, 4) is 6.07 Å². The number of piperidine rings is 1. The van der Waals surface area contributed by atoms with E-state index in [4.69, 9.17) is 10.00 Å². The monoisotopic (exact) mass is 314 g/mol.